The van der Waals surface area contributed by atoms with Crippen molar-refractivity contribution in [2.24, 2.45) is 5.73 Å². The molecule has 0 radical (unpaired) electrons. The molecule has 0 amide bonds. The molecule has 0 saturated heterocycles. The Kier molecular flexibility index (Phi) is 8.24. The van der Waals surface area contributed by atoms with E-state index in [-0.39, 0.29) is 10.7 Å². The van der Waals surface area contributed by atoms with Crippen molar-refractivity contribution in [3.05, 3.63) is 35.4 Å². The summed E-state index contributed by atoms with van der Waals surface area (Å²) in [5, 5.41) is 0. The summed E-state index contributed by atoms with van der Waals surface area (Å²) in [6, 6.07) is 7.03. The normalized spacial score (nSPS) is 11.5. The number of nitrogens with two attached hydrogens (primary N) is 1. The maximum absolute atomic E-state index is 12.0. The van der Waals surface area contributed by atoms with Crippen molar-refractivity contribution in [3.63, 3.8) is 0 Å². The van der Waals surface area contributed by atoms with E-state index in [9.17, 15) is 8.42 Å². The van der Waals surface area contributed by atoms with Crippen molar-refractivity contribution in [2.45, 2.75) is 25.0 Å². The van der Waals surface area contributed by atoms with Crippen LogP contribution in [-0.2, 0) is 15.8 Å². The highest BCUT2D eigenvalue weighted by Crippen LogP contribution is 2.09. The van der Waals surface area contributed by atoms with Gasteiger partial charge in [0.2, 0.25) is 10.0 Å². The van der Waals surface area contributed by atoms with Crippen LogP contribution in [0.1, 0.15) is 30.4 Å². The van der Waals surface area contributed by atoms with Crippen molar-refractivity contribution in [1.82, 2.24) is 4.72 Å². The molecule has 0 aliphatic heterocycles. The second-order valence-corrected chi connectivity index (χ2v) is 8.00. The molecule has 0 fully saturated rings. The number of hydrogen-bond donors (Lipinski definition) is 2. The second-order valence-electron chi connectivity index (χ2n) is 4.77. The summed E-state index contributed by atoms with van der Waals surface area (Å²) < 4.78 is 26.6. The molecular weight excluding hydrogens is 324 g/mol. The molecule has 0 aliphatic rings. The van der Waals surface area contributed by atoms with Crippen LogP contribution in [-0.4, -0.2) is 32.0 Å². The number of benzene rings is 1. The molecule has 0 saturated carbocycles. The number of rotatable bonds is 10. The van der Waals surface area contributed by atoms with Crippen LogP contribution in [0.4, 0.5) is 0 Å². The summed E-state index contributed by atoms with van der Waals surface area (Å²) in [5.41, 5.74) is 6.93. The zero-order chi connectivity index (χ0) is 15.7. The Morgan fingerprint density at radius 1 is 1.33 bits per heavy atom. The van der Waals surface area contributed by atoms with Crippen LogP contribution < -0.4 is 10.5 Å². The maximum Gasteiger partial charge on any atom is 0.215 e. The quantitative estimate of drug-likeness (QED) is 0.502. The molecular formula is C14H22N2O2S3. The summed E-state index contributed by atoms with van der Waals surface area (Å²) in [7, 11) is -3.31. The van der Waals surface area contributed by atoms with Gasteiger partial charge in [0.15, 0.2) is 0 Å². The van der Waals surface area contributed by atoms with Gasteiger partial charge in [0.05, 0.1) is 5.75 Å². The van der Waals surface area contributed by atoms with E-state index in [2.05, 4.69) is 11.0 Å². The van der Waals surface area contributed by atoms with Gasteiger partial charge in [-0.05, 0) is 36.5 Å². The van der Waals surface area contributed by atoms with Crippen LogP contribution in [0, 0.1) is 0 Å². The van der Waals surface area contributed by atoms with Gasteiger partial charge in [0, 0.05) is 12.1 Å². The van der Waals surface area contributed by atoms with Crippen LogP contribution >= 0.6 is 24.0 Å². The lowest BCUT2D eigenvalue weighted by atomic mass is 10.1. The van der Waals surface area contributed by atoms with Crippen molar-refractivity contribution in [1.29, 1.82) is 0 Å². The zero-order valence-corrected chi connectivity index (χ0v) is 14.6. The van der Waals surface area contributed by atoms with Crippen molar-refractivity contribution >= 4 is 39.0 Å². The number of hydrogen-bond acceptors (Lipinski definition) is 4. The molecule has 0 heterocycles. The third-order valence-corrected chi connectivity index (χ3v) is 5.21. The van der Waals surface area contributed by atoms with Crippen molar-refractivity contribution in [2.75, 3.05) is 18.6 Å². The maximum atomic E-state index is 12.0. The van der Waals surface area contributed by atoms with E-state index >= 15 is 0 Å². The Balaban J connectivity index is 2.45. The number of thiocarbonyl (C=S) groups is 1. The molecule has 1 rings (SSSR count). The molecule has 0 aromatic heterocycles. The first kappa shape index (κ1) is 18.4. The highest BCUT2D eigenvalue weighted by atomic mass is 32.2. The van der Waals surface area contributed by atoms with Gasteiger partial charge in [-0.2, -0.15) is 11.8 Å². The standard InChI is InChI=1S/C14H22N2O2S3/c1-20-9-4-2-3-8-16-21(17,18)11-12-6-5-7-13(10-12)14(15)19/h5-7,10,16H,2-4,8-9,11H2,1H3,(H2,15,19). The Bertz CT molecular complexity index is 559. The number of nitrogens with one attached hydrogen (secondary N) is 1. The SMILES string of the molecule is CSCCCCCNS(=O)(=O)Cc1cccc(C(N)=S)c1. The second kappa shape index (κ2) is 9.40. The molecule has 0 aliphatic carbocycles. The van der Waals surface area contributed by atoms with E-state index < -0.39 is 10.0 Å². The largest absolute Gasteiger partial charge is 0.389 e. The van der Waals surface area contributed by atoms with E-state index in [0.29, 0.717) is 17.7 Å². The smallest absolute Gasteiger partial charge is 0.215 e. The molecule has 1 aromatic carbocycles. The van der Waals surface area contributed by atoms with E-state index in [1.807, 2.05) is 11.8 Å². The molecule has 118 valence electrons. The number of sulfonamides is 1. The molecule has 0 atom stereocenters. The van der Waals surface area contributed by atoms with Crippen LogP contribution in [0.15, 0.2) is 24.3 Å². The minimum absolute atomic E-state index is 0.0474. The minimum atomic E-state index is -3.31. The van der Waals surface area contributed by atoms with E-state index in [1.54, 1.807) is 24.3 Å². The summed E-state index contributed by atoms with van der Waals surface area (Å²) in [6.45, 7) is 0.492. The Labute approximate surface area is 136 Å². The average Bonchev–Trinajstić information content (AvgIpc) is 2.42. The molecule has 0 bridgehead atoms. The van der Waals surface area contributed by atoms with Crippen molar-refractivity contribution < 1.29 is 8.42 Å². The Morgan fingerprint density at radius 3 is 2.76 bits per heavy atom. The van der Waals surface area contributed by atoms with Crippen LogP contribution in [0.25, 0.3) is 0 Å². The highest BCUT2D eigenvalue weighted by Gasteiger charge is 2.11. The van der Waals surface area contributed by atoms with Gasteiger partial charge in [-0.15, -0.1) is 0 Å². The number of unbranched alkanes of at least 4 members (excludes halogenated alkanes) is 2. The van der Waals surface area contributed by atoms with Gasteiger partial charge in [0.25, 0.3) is 0 Å². The van der Waals surface area contributed by atoms with Crippen LogP contribution in [0.2, 0.25) is 0 Å². The lowest BCUT2D eigenvalue weighted by Gasteiger charge is -2.08. The monoisotopic (exact) mass is 346 g/mol. The van der Waals surface area contributed by atoms with Crippen molar-refractivity contribution in [3.8, 4) is 0 Å². The Morgan fingerprint density at radius 2 is 2.10 bits per heavy atom. The first-order chi connectivity index (χ1) is 9.94. The van der Waals surface area contributed by atoms with E-state index in [1.165, 1.54) is 0 Å². The third kappa shape index (κ3) is 7.80. The molecule has 0 spiro atoms. The summed E-state index contributed by atoms with van der Waals surface area (Å²) in [6.07, 6.45) is 5.11. The van der Waals surface area contributed by atoms with Gasteiger partial charge >= 0.3 is 0 Å². The Hall–Kier alpha value is -0.630. The summed E-state index contributed by atoms with van der Waals surface area (Å²) in [4.78, 5) is 0.274. The minimum Gasteiger partial charge on any atom is -0.389 e. The molecule has 7 heteroatoms. The van der Waals surface area contributed by atoms with Gasteiger partial charge < -0.3 is 5.73 Å². The highest BCUT2D eigenvalue weighted by molar-refractivity contribution is 7.98. The van der Waals surface area contributed by atoms with Crippen LogP contribution in [0.5, 0.6) is 0 Å². The van der Waals surface area contributed by atoms with Gasteiger partial charge in [-0.1, -0.05) is 36.8 Å². The number of thioether (sulfide) groups is 1. The fourth-order valence-corrected chi connectivity index (χ4v) is 3.66. The average molecular weight is 347 g/mol. The van der Waals surface area contributed by atoms with Gasteiger partial charge in [-0.25, -0.2) is 13.1 Å². The molecule has 3 N–H and O–H groups in total. The molecule has 0 unspecified atom stereocenters. The summed E-state index contributed by atoms with van der Waals surface area (Å²) >= 11 is 6.71. The third-order valence-electron chi connectivity index (χ3n) is 2.92. The lowest BCUT2D eigenvalue weighted by Crippen LogP contribution is -2.26. The predicted octanol–water partition coefficient (Wildman–Crippen LogP) is 2.27. The fraction of sp³-hybridized carbons (Fsp3) is 0.500. The van der Waals surface area contributed by atoms with Gasteiger partial charge in [0.1, 0.15) is 4.99 Å². The predicted molar refractivity (Wildman–Crippen MR) is 95.2 cm³/mol. The fourth-order valence-electron chi connectivity index (χ4n) is 1.86. The summed E-state index contributed by atoms with van der Waals surface area (Å²) in [5.74, 6) is 1.08. The van der Waals surface area contributed by atoms with E-state index in [0.717, 1.165) is 25.0 Å². The topological polar surface area (TPSA) is 72.2 Å². The zero-order valence-electron chi connectivity index (χ0n) is 12.2. The first-order valence-electron chi connectivity index (χ1n) is 6.79. The lowest BCUT2D eigenvalue weighted by molar-refractivity contribution is 0.575. The van der Waals surface area contributed by atoms with Gasteiger partial charge in [-0.3, -0.25) is 0 Å². The molecule has 21 heavy (non-hydrogen) atoms. The molecule has 1 aromatic rings. The van der Waals surface area contributed by atoms with Crippen LogP contribution in [0.3, 0.4) is 0 Å². The first-order valence-corrected chi connectivity index (χ1v) is 10.2. The molecule has 4 nitrogen and oxygen atoms in total. The van der Waals surface area contributed by atoms with E-state index in [4.69, 9.17) is 18.0 Å².